The molecule has 140 valence electrons. The second-order valence-corrected chi connectivity index (χ2v) is 7.39. The summed E-state index contributed by atoms with van der Waals surface area (Å²) in [6.07, 6.45) is 0. The van der Waals surface area contributed by atoms with Crippen LogP contribution in [0.4, 0.5) is 5.69 Å². The molecule has 2 heterocycles. The third-order valence-corrected chi connectivity index (χ3v) is 5.12. The van der Waals surface area contributed by atoms with Crippen molar-refractivity contribution in [3.8, 4) is 0 Å². The number of para-hydroxylation sites is 1. The van der Waals surface area contributed by atoms with E-state index in [1.807, 2.05) is 74.5 Å². The molecule has 0 spiro atoms. The van der Waals surface area contributed by atoms with Gasteiger partial charge >= 0.3 is 0 Å². The molecule has 1 amide bonds. The van der Waals surface area contributed by atoms with Gasteiger partial charge in [0.2, 0.25) is 5.16 Å². The van der Waals surface area contributed by atoms with Gasteiger partial charge in [-0.1, -0.05) is 42.1 Å². The summed E-state index contributed by atoms with van der Waals surface area (Å²) >= 11 is 1.55. The summed E-state index contributed by atoms with van der Waals surface area (Å²) in [5.74, 6) is 1.22. The van der Waals surface area contributed by atoms with Gasteiger partial charge in [0.25, 0.3) is 11.7 Å². The van der Waals surface area contributed by atoms with Crippen molar-refractivity contribution >= 4 is 29.1 Å². The molecule has 4 aromatic rings. The topological polar surface area (TPSA) is 72.2 Å². The van der Waals surface area contributed by atoms with Crippen LogP contribution in [0.1, 0.15) is 27.3 Å². The number of aromatic nitrogens is 4. The maximum atomic E-state index is 12.3. The normalized spacial score (nSPS) is 10.9. The van der Waals surface area contributed by atoms with Gasteiger partial charge in [-0.15, -0.1) is 5.10 Å². The first-order chi connectivity index (χ1) is 13.6. The van der Waals surface area contributed by atoms with E-state index in [-0.39, 0.29) is 5.91 Å². The van der Waals surface area contributed by atoms with Crippen molar-refractivity contribution in [2.75, 3.05) is 5.32 Å². The van der Waals surface area contributed by atoms with E-state index in [0.717, 1.165) is 28.4 Å². The van der Waals surface area contributed by atoms with E-state index in [1.54, 1.807) is 16.3 Å². The van der Waals surface area contributed by atoms with Crippen LogP contribution in [0.25, 0.3) is 5.78 Å². The molecule has 28 heavy (non-hydrogen) atoms. The van der Waals surface area contributed by atoms with Gasteiger partial charge < -0.3 is 5.32 Å². The minimum Gasteiger partial charge on any atom is -0.322 e. The molecule has 2 aromatic heterocycles. The Labute approximate surface area is 167 Å². The van der Waals surface area contributed by atoms with E-state index >= 15 is 0 Å². The highest BCUT2D eigenvalue weighted by Crippen LogP contribution is 2.21. The second kappa shape index (κ2) is 7.82. The van der Waals surface area contributed by atoms with Gasteiger partial charge in [-0.3, -0.25) is 4.79 Å². The van der Waals surface area contributed by atoms with E-state index in [0.29, 0.717) is 16.5 Å². The molecule has 0 saturated carbocycles. The number of amides is 1. The van der Waals surface area contributed by atoms with E-state index in [1.165, 1.54) is 0 Å². The fourth-order valence-electron chi connectivity index (χ4n) is 2.83. The Morgan fingerprint density at radius 3 is 2.54 bits per heavy atom. The molecule has 6 nitrogen and oxygen atoms in total. The van der Waals surface area contributed by atoms with E-state index in [2.05, 4.69) is 20.4 Å². The van der Waals surface area contributed by atoms with E-state index in [4.69, 9.17) is 0 Å². The number of carbonyl (C=O) groups excluding carboxylic acids is 1. The molecule has 0 unspecified atom stereocenters. The summed E-state index contributed by atoms with van der Waals surface area (Å²) in [7, 11) is 0. The molecule has 7 heteroatoms. The number of benzene rings is 2. The Morgan fingerprint density at radius 1 is 1.04 bits per heavy atom. The number of fused-ring (bicyclic) bond motifs is 1. The summed E-state index contributed by atoms with van der Waals surface area (Å²) in [5, 5.41) is 8.08. The molecule has 4 rings (SSSR count). The summed E-state index contributed by atoms with van der Waals surface area (Å²) in [6, 6.07) is 19.0. The number of nitrogens with zero attached hydrogens (tertiary/aromatic N) is 4. The van der Waals surface area contributed by atoms with Gasteiger partial charge in [-0.2, -0.15) is 4.98 Å². The van der Waals surface area contributed by atoms with Crippen LogP contribution in [-0.4, -0.2) is 25.5 Å². The van der Waals surface area contributed by atoms with Crippen LogP contribution in [0.3, 0.4) is 0 Å². The molecule has 1 N–H and O–H groups in total. The molecule has 0 aliphatic rings. The van der Waals surface area contributed by atoms with Crippen LogP contribution < -0.4 is 5.32 Å². The number of hydrogen-bond donors (Lipinski definition) is 1. The minimum atomic E-state index is -0.121. The lowest BCUT2D eigenvalue weighted by atomic mass is 10.1. The van der Waals surface area contributed by atoms with Crippen LogP contribution in [0.5, 0.6) is 0 Å². The zero-order chi connectivity index (χ0) is 19.5. The maximum absolute atomic E-state index is 12.3. The number of nitrogens with one attached hydrogen (secondary N) is 1. The van der Waals surface area contributed by atoms with Crippen molar-refractivity contribution in [1.82, 2.24) is 19.6 Å². The Bertz CT molecular complexity index is 1120. The Morgan fingerprint density at radius 2 is 1.79 bits per heavy atom. The lowest BCUT2D eigenvalue weighted by Gasteiger charge is -2.06. The van der Waals surface area contributed by atoms with E-state index < -0.39 is 0 Å². The number of anilines is 1. The van der Waals surface area contributed by atoms with E-state index in [9.17, 15) is 4.79 Å². The predicted molar refractivity (Wildman–Crippen MR) is 111 cm³/mol. The lowest BCUT2D eigenvalue weighted by Crippen LogP contribution is -2.11. The first-order valence-electron chi connectivity index (χ1n) is 8.88. The summed E-state index contributed by atoms with van der Waals surface area (Å²) < 4.78 is 1.76. The van der Waals surface area contributed by atoms with Crippen LogP contribution in [0, 0.1) is 13.8 Å². The predicted octanol–water partition coefficient (Wildman–Crippen LogP) is 4.29. The van der Waals surface area contributed by atoms with Crippen LogP contribution in [0.15, 0.2) is 65.8 Å². The molecular weight excluding hydrogens is 370 g/mol. The standard InChI is InChI=1S/C21H19N5OS/c1-14-12-15(2)26-20(22-14)24-21(25-26)28-13-16-8-10-17(11-9-16)19(27)23-18-6-4-3-5-7-18/h3-12H,13H2,1-2H3,(H,23,27). The van der Waals surface area contributed by atoms with Gasteiger partial charge in [0, 0.05) is 28.4 Å². The molecule has 0 atom stereocenters. The highest BCUT2D eigenvalue weighted by Gasteiger charge is 2.09. The highest BCUT2D eigenvalue weighted by molar-refractivity contribution is 7.98. The highest BCUT2D eigenvalue weighted by atomic mass is 32.2. The van der Waals surface area contributed by atoms with Crippen molar-refractivity contribution in [2.24, 2.45) is 0 Å². The largest absolute Gasteiger partial charge is 0.322 e. The lowest BCUT2D eigenvalue weighted by molar-refractivity contribution is 0.102. The van der Waals surface area contributed by atoms with Crippen LogP contribution in [0.2, 0.25) is 0 Å². The van der Waals surface area contributed by atoms with Crippen molar-refractivity contribution in [3.63, 3.8) is 0 Å². The number of rotatable bonds is 5. The fraction of sp³-hybridized carbons (Fsp3) is 0.143. The van der Waals surface area contributed by atoms with Crippen molar-refractivity contribution in [3.05, 3.63) is 83.2 Å². The fourth-order valence-corrected chi connectivity index (χ4v) is 3.61. The number of aryl methyl sites for hydroxylation is 2. The molecule has 0 radical (unpaired) electrons. The first-order valence-corrected chi connectivity index (χ1v) is 9.86. The van der Waals surface area contributed by atoms with Crippen molar-refractivity contribution in [1.29, 1.82) is 0 Å². The Hall–Kier alpha value is -3.19. The van der Waals surface area contributed by atoms with Gasteiger partial charge in [-0.25, -0.2) is 9.50 Å². The van der Waals surface area contributed by atoms with Gasteiger partial charge in [0.05, 0.1) is 0 Å². The smallest absolute Gasteiger partial charge is 0.255 e. The third kappa shape index (κ3) is 4.04. The van der Waals surface area contributed by atoms with Crippen molar-refractivity contribution < 1.29 is 4.79 Å². The minimum absolute atomic E-state index is 0.121. The summed E-state index contributed by atoms with van der Waals surface area (Å²) in [5.41, 5.74) is 4.44. The average molecular weight is 389 g/mol. The molecule has 0 fully saturated rings. The van der Waals surface area contributed by atoms with Gasteiger partial charge in [0.15, 0.2) is 0 Å². The molecule has 0 bridgehead atoms. The Balaban J connectivity index is 1.41. The zero-order valence-corrected chi connectivity index (χ0v) is 16.4. The number of carbonyl (C=O) groups is 1. The monoisotopic (exact) mass is 389 g/mol. The molecule has 2 aromatic carbocycles. The second-order valence-electron chi connectivity index (χ2n) is 6.45. The SMILES string of the molecule is Cc1cc(C)n2nc(SCc3ccc(C(=O)Nc4ccccc4)cc3)nc2n1. The number of hydrogen-bond acceptors (Lipinski definition) is 5. The average Bonchev–Trinajstić information content (AvgIpc) is 3.11. The van der Waals surface area contributed by atoms with Crippen molar-refractivity contribution in [2.45, 2.75) is 24.8 Å². The Kier molecular flexibility index (Phi) is 5.08. The molecule has 0 aliphatic carbocycles. The number of thioether (sulfide) groups is 1. The molecule has 0 saturated heterocycles. The maximum Gasteiger partial charge on any atom is 0.255 e. The quantitative estimate of drug-likeness (QED) is 0.516. The molecule has 0 aliphatic heterocycles. The summed E-state index contributed by atoms with van der Waals surface area (Å²) in [4.78, 5) is 21.2. The van der Waals surface area contributed by atoms with Gasteiger partial charge in [-0.05, 0) is 49.7 Å². The molecular formula is C21H19N5OS. The first kappa shape index (κ1) is 18.2. The van der Waals surface area contributed by atoms with Crippen LogP contribution >= 0.6 is 11.8 Å². The zero-order valence-electron chi connectivity index (χ0n) is 15.6. The third-order valence-electron chi connectivity index (χ3n) is 4.21. The van der Waals surface area contributed by atoms with Crippen LogP contribution in [-0.2, 0) is 5.75 Å². The summed E-state index contributed by atoms with van der Waals surface area (Å²) in [6.45, 7) is 3.94. The van der Waals surface area contributed by atoms with Gasteiger partial charge in [0.1, 0.15) is 0 Å².